The van der Waals surface area contributed by atoms with Crippen LogP contribution in [0.15, 0.2) is 35.3 Å². The lowest BCUT2D eigenvalue weighted by Gasteiger charge is -2.08. The van der Waals surface area contributed by atoms with Crippen molar-refractivity contribution in [1.82, 2.24) is 5.32 Å². The van der Waals surface area contributed by atoms with Crippen molar-refractivity contribution in [3.8, 4) is 0 Å². The van der Waals surface area contributed by atoms with Crippen LogP contribution in [-0.2, 0) is 4.79 Å². The summed E-state index contributed by atoms with van der Waals surface area (Å²) in [5.41, 5.74) is 5.87. The lowest BCUT2D eigenvalue weighted by Crippen LogP contribution is -2.36. The molecular weight excluding hydrogens is 226 g/mol. The topological polar surface area (TPSA) is 84.5 Å². The van der Waals surface area contributed by atoms with Crippen LogP contribution in [0.4, 0.5) is 0 Å². The van der Waals surface area contributed by atoms with Crippen LogP contribution in [0.5, 0.6) is 0 Å². The van der Waals surface area contributed by atoms with Gasteiger partial charge in [-0.15, -0.1) is 0 Å². The van der Waals surface area contributed by atoms with Gasteiger partial charge in [0.05, 0.1) is 0 Å². The van der Waals surface area contributed by atoms with Crippen molar-refractivity contribution in [3.63, 3.8) is 0 Å². The molecule has 1 heterocycles. The van der Waals surface area contributed by atoms with Crippen molar-refractivity contribution in [2.75, 3.05) is 0 Å². The van der Waals surface area contributed by atoms with Crippen molar-refractivity contribution >= 4 is 28.7 Å². The molecule has 1 atom stereocenters. The SMILES string of the molecule is NC1=NC(=O)C(NC(=O)c2ccccc2)S1. The predicted molar refractivity (Wildman–Crippen MR) is 61.9 cm³/mol. The quantitative estimate of drug-likeness (QED) is 0.773. The molecule has 0 fully saturated rings. The highest BCUT2D eigenvalue weighted by Gasteiger charge is 2.28. The highest BCUT2D eigenvalue weighted by atomic mass is 32.2. The van der Waals surface area contributed by atoms with Gasteiger partial charge in [0.1, 0.15) is 0 Å². The number of carbonyl (C=O) groups is 2. The van der Waals surface area contributed by atoms with Crippen LogP contribution >= 0.6 is 11.8 Å². The number of nitrogens with one attached hydrogen (secondary N) is 1. The maximum absolute atomic E-state index is 11.7. The van der Waals surface area contributed by atoms with Gasteiger partial charge in [-0.3, -0.25) is 9.59 Å². The summed E-state index contributed by atoms with van der Waals surface area (Å²) in [6.07, 6.45) is 0. The van der Waals surface area contributed by atoms with E-state index in [2.05, 4.69) is 10.3 Å². The van der Waals surface area contributed by atoms with Crippen molar-refractivity contribution in [2.24, 2.45) is 10.7 Å². The van der Waals surface area contributed by atoms with Gasteiger partial charge >= 0.3 is 0 Å². The molecule has 0 radical (unpaired) electrons. The Kier molecular flexibility index (Phi) is 2.91. The summed E-state index contributed by atoms with van der Waals surface area (Å²) < 4.78 is 0. The fourth-order valence-corrected chi connectivity index (χ4v) is 1.95. The zero-order valence-electron chi connectivity index (χ0n) is 8.21. The molecule has 3 N–H and O–H groups in total. The smallest absolute Gasteiger partial charge is 0.281 e. The number of rotatable bonds is 2. The highest BCUT2D eigenvalue weighted by molar-refractivity contribution is 8.15. The molecule has 82 valence electrons. The molecule has 5 nitrogen and oxygen atoms in total. The Hall–Kier alpha value is -1.82. The summed E-state index contributed by atoms with van der Waals surface area (Å²) in [7, 11) is 0. The number of hydrogen-bond acceptors (Lipinski definition) is 4. The minimum Gasteiger partial charge on any atom is -0.378 e. The minimum absolute atomic E-state index is 0.184. The van der Waals surface area contributed by atoms with E-state index in [1.807, 2.05) is 6.07 Å². The number of aliphatic imine (C=N–C) groups is 1. The van der Waals surface area contributed by atoms with Gasteiger partial charge in [-0.1, -0.05) is 30.0 Å². The molecular formula is C10H9N3O2S. The van der Waals surface area contributed by atoms with E-state index < -0.39 is 11.3 Å². The number of hydrogen-bond donors (Lipinski definition) is 2. The second-order valence-corrected chi connectivity index (χ2v) is 4.25. The van der Waals surface area contributed by atoms with Crippen molar-refractivity contribution in [1.29, 1.82) is 0 Å². The van der Waals surface area contributed by atoms with E-state index in [1.165, 1.54) is 0 Å². The average molecular weight is 235 g/mol. The standard InChI is InChI=1S/C10H9N3O2S/c11-10-13-8(15)9(16-10)12-7(14)6-4-2-1-3-5-6/h1-5,9H,(H,12,14)(H2,11,13,15). The number of amidine groups is 1. The van der Waals surface area contributed by atoms with Crippen LogP contribution in [-0.4, -0.2) is 22.4 Å². The van der Waals surface area contributed by atoms with E-state index in [4.69, 9.17) is 5.73 Å². The monoisotopic (exact) mass is 235 g/mol. The third-order valence-corrected chi connectivity index (χ3v) is 2.87. The summed E-state index contributed by atoms with van der Waals surface area (Å²) >= 11 is 1.04. The lowest BCUT2D eigenvalue weighted by atomic mass is 10.2. The van der Waals surface area contributed by atoms with Gasteiger partial charge in [-0.2, -0.15) is 4.99 Å². The summed E-state index contributed by atoms with van der Waals surface area (Å²) in [5, 5.41) is 2.04. The van der Waals surface area contributed by atoms with Crippen LogP contribution in [0.3, 0.4) is 0 Å². The molecule has 6 heteroatoms. The molecule has 2 rings (SSSR count). The molecule has 0 aliphatic carbocycles. The van der Waals surface area contributed by atoms with E-state index >= 15 is 0 Å². The first-order valence-corrected chi connectivity index (χ1v) is 5.45. The summed E-state index contributed by atoms with van der Waals surface area (Å²) in [5.74, 6) is -0.733. The number of benzene rings is 1. The molecule has 1 aromatic rings. The second kappa shape index (κ2) is 4.36. The molecule has 0 aromatic heterocycles. The van der Waals surface area contributed by atoms with E-state index in [-0.39, 0.29) is 11.1 Å². The Bertz CT molecular complexity index is 458. The third-order valence-electron chi connectivity index (χ3n) is 1.98. The summed E-state index contributed by atoms with van der Waals surface area (Å²) in [4.78, 5) is 26.5. The molecule has 16 heavy (non-hydrogen) atoms. The Morgan fingerprint density at radius 1 is 1.38 bits per heavy atom. The van der Waals surface area contributed by atoms with Gasteiger partial charge in [0, 0.05) is 5.56 Å². The number of nitrogens with two attached hydrogens (primary N) is 1. The zero-order chi connectivity index (χ0) is 11.5. The van der Waals surface area contributed by atoms with E-state index in [0.717, 1.165) is 11.8 Å². The fraction of sp³-hybridized carbons (Fsp3) is 0.100. The largest absolute Gasteiger partial charge is 0.378 e. The number of amides is 2. The molecule has 1 aliphatic heterocycles. The van der Waals surface area contributed by atoms with Crippen molar-refractivity contribution in [2.45, 2.75) is 5.37 Å². The van der Waals surface area contributed by atoms with E-state index in [9.17, 15) is 9.59 Å². The van der Waals surface area contributed by atoms with E-state index in [0.29, 0.717) is 5.56 Å². The van der Waals surface area contributed by atoms with Crippen LogP contribution in [0.1, 0.15) is 10.4 Å². The van der Waals surface area contributed by atoms with Gasteiger partial charge < -0.3 is 11.1 Å². The number of thioether (sulfide) groups is 1. The molecule has 2 amide bonds. The minimum atomic E-state index is -0.701. The molecule has 1 aromatic carbocycles. The Balaban J connectivity index is 2.02. The second-order valence-electron chi connectivity index (χ2n) is 3.13. The van der Waals surface area contributed by atoms with Gasteiger partial charge in [0.25, 0.3) is 11.8 Å². The summed E-state index contributed by atoms with van der Waals surface area (Å²) in [6.45, 7) is 0. The molecule has 0 saturated carbocycles. The first-order valence-electron chi connectivity index (χ1n) is 4.57. The molecule has 1 aliphatic rings. The Morgan fingerprint density at radius 3 is 2.62 bits per heavy atom. The van der Waals surface area contributed by atoms with Crippen molar-refractivity contribution in [3.05, 3.63) is 35.9 Å². The van der Waals surface area contributed by atoms with Crippen LogP contribution in [0.25, 0.3) is 0 Å². The van der Waals surface area contributed by atoms with Gasteiger partial charge in [0.15, 0.2) is 10.5 Å². The van der Waals surface area contributed by atoms with Crippen molar-refractivity contribution < 1.29 is 9.59 Å². The first kappa shape index (κ1) is 10.7. The van der Waals surface area contributed by atoms with E-state index in [1.54, 1.807) is 24.3 Å². The normalized spacial score (nSPS) is 19.4. The van der Waals surface area contributed by atoms with Gasteiger partial charge in [0.2, 0.25) is 0 Å². The Morgan fingerprint density at radius 2 is 2.06 bits per heavy atom. The van der Waals surface area contributed by atoms with Crippen LogP contribution < -0.4 is 11.1 Å². The lowest BCUT2D eigenvalue weighted by molar-refractivity contribution is -0.117. The average Bonchev–Trinajstić information content (AvgIpc) is 2.59. The third kappa shape index (κ3) is 2.22. The fourth-order valence-electron chi connectivity index (χ4n) is 1.25. The maximum Gasteiger partial charge on any atom is 0.281 e. The zero-order valence-corrected chi connectivity index (χ0v) is 9.03. The predicted octanol–water partition coefficient (Wildman–Crippen LogP) is 0.331. The maximum atomic E-state index is 11.7. The summed E-state index contributed by atoms with van der Waals surface area (Å²) in [6, 6.07) is 8.66. The Labute approximate surface area is 96.1 Å². The molecule has 0 saturated heterocycles. The number of carbonyl (C=O) groups excluding carboxylic acids is 2. The van der Waals surface area contributed by atoms with Crippen LogP contribution in [0, 0.1) is 0 Å². The molecule has 0 spiro atoms. The van der Waals surface area contributed by atoms with Crippen LogP contribution in [0.2, 0.25) is 0 Å². The number of nitrogens with zero attached hydrogens (tertiary/aromatic N) is 1. The molecule has 0 bridgehead atoms. The highest BCUT2D eigenvalue weighted by Crippen LogP contribution is 2.17. The molecule has 1 unspecified atom stereocenters. The van der Waals surface area contributed by atoms with Gasteiger partial charge in [-0.25, -0.2) is 0 Å². The first-order chi connectivity index (χ1) is 7.66. The van der Waals surface area contributed by atoms with Gasteiger partial charge in [-0.05, 0) is 12.1 Å².